The summed E-state index contributed by atoms with van der Waals surface area (Å²) in [5.74, 6) is -0.850. The zero-order valence-electron chi connectivity index (χ0n) is 27.1. The van der Waals surface area contributed by atoms with Gasteiger partial charge < -0.3 is 28.3 Å². The van der Waals surface area contributed by atoms with Gasteiger partial charge in [0.2, 0.25) is 5.91 Å². The van der Waals surface area contributed by atoms with Crippen molar-refractivity contribution in [3.8, 4) is 11.3 Å². The third-order valence-corrected chi connectivity index (χ3v) is 8.78. The summed E-state index contributed by atoms with van der Waals surface area (Å²) in [6, 6.07) is 14.9. The zero-order valence-corrected chi connectivity index (χ0v) is 27.1. The van der Waals surface area contributed by atoms with Crippen LogP contribution >= 0.6 is 0 Å². The van der Waals surface area contributed by atoms with Gasteiger partial charge in [-0.05, 0) is 64.2 Å². The number of hydrogen-bond donors (Lipinski definition) is 0. The Morgan fingerprint density at radius 3 is 2.59 bits per heavy atom. The average Bonchev–Trinajstić information content (AvgIpc) is 3.64. The number of carbonyl (C=O) groups is 2. The van der Waals surface area contributed by atoms with Crippen molar-refractivity contribution in [3.63, 3.8) is 0 Å². The van der Waals surface area contributed by atoms with E-state index in [-0.39, 0.29) is 36.8 Å². The molecule has 0 bridgehead atoms. The predicted octanol–water partition coefficient (Wildman–Crippen LogP) is 7.00. The van der Waals surface area contributed by atoms with Crippen LogP contribution in [0, 0.1) is 11.7 Å². The molecule has 0 N–H and O–H groups in total. The first kappa shape index (κ1) is 31.8. The Balaban J connectivity index is 1.32. The van der Waals surface area contributed by atoms with E-state index >= 15 is 4.39 Å². The predicted molar refractivity (Wildman–Crippen MR) is 173 cm³/mol. The van der Waals surface area contributed by atoms with Crippen molar-refractivity contribution in [2.24, 2.45) is 5.92 Å². The summed E-state index contributed by atoms with van der Waals surface area (Å²) in [4.78, 5) is 36.2. The van der Waals surface area contributed by atoms with Crippen LogP contribution in [0.5, 0.6) is 0 Å². The fourth-order valence-electron chi connectivity index (χ4n) is 6.44. The molecule has 4 aromatic rings. The number of oxazole rings is 1. The molecule has 1 saturated heterocycles. The van der Waals surface area contributed by atoms with Crippen LogP contribution in [-0.2, 0) is 27.4 Å². The number of hydrogen-bond acceptors (Lipinski definition) is 6. The minimum absolute atomic E-state index is 0.0492. The summed E-state index contributed by atoms with van der Waals surface area (Å²) in [5, 5.41) is 0.536. The van der Waals surface area contributed by atoms with Gasteiger partial charge in [-0.2, -0.15) is 0 Å². The molecule has 2 aromatic heterocycles. The molecule has 2 aromatic carbocycles. The van der Waals surface area contributed by atoms with Crippen LogP contribution in [-0.4, -0.2) is 69.8 Å². The lowest BCUT2D eigenvalue weighted by Gasteiger charge is -2.39. The maximum Gasteiger partial charge on any atom is 0.410 e. The topological polar surface area (TPSA) is 90.0 Å². The van der Waals surface area contributed by atoms with E-state index in [0.717, 1.165) is 35.9 Å². The molecular formula is C36H43FN4O5. The van der Waals surface area contributed by atoms with Crippen LogP contribution in [0.3, 0.4) is 0 Å². The molecule has 2 atom stereocenters. The number of ether oxygens (including phenoxy) is 2. The largest absolute Gasteiger partial charge is 0.448 e. The van der Waals surface area contributed by atoms with E-state index in [4.69, 9.17) is 18.9 Å². The number of benzene rings is 2. The van der Waals surface area contributed by atoms with E-state index in [1.165, 1.54) is 6.07 Å². The maximum atomic E-state index is 15.4. The normalized spacial score (nSPS) is 18.6. The molecular weight excluding hydrogens is 587 g/mol. The number of amides is 2. The summed E-state index contributed by atoms with van der Waals surface area (Å²) in [6.07, 6.45) is 6.20. The molecule has 1 saturated carbocycles. The second-order valence-corrected chi connectivity index (χ2v) is 13.4. The third-order valence-electron chi connectivity index (χ3n) is 8.78. The molecule has 46 heavy (non-hydrogen) atoms. The summed E-state index contributed by atoms with van der Waals surface area (Å²) in [6.45, 7) is 7.63. The van der Waals surface area contributed by atoms with Gasteiger partial charge in [0, 0.05) is 63.1 Å². The number of halogens is 1. The Bertz CT molecular complexity index is 1670. The fraction of sp³-hybridized carbons (Fsp3) is 0.472. The Morgan fingerprint density at radius 1 is 1.09 bits per heavy atom. The van der Waals surface area contributed by atoms with Crippen molar-refractivity contribution in [1.82, 2.24) is 19.4 Å². The molecule has 0 spiro atoms. The summed E-state index contributed by atoms with van der Waals surface area (Å²) >= 11 is 0. The van der Waals surface area contributed by atoms with Crippen LogP contribution in [0.25, 0.3) is 22.2 Å². The number of carbonyl (C=O) groups excluding carboxylic acids is 2. The van der Waals surface area contributed by atoms with Crippen molar-refractivity contribution in [2.45, 2.75) is 77.1 Å². The van der Waals surface area contributed by atoms with E-state index in [0.29, 0.717) is 43.1 Å². The van der Waals surface area contributed by atoms with Crippen LogP contribution in [0.4, 0.5) is 9.18 Å². The van der Waals surface area contributed by atoms with Gasteiger partial charge in [0.25, 0.3) is 0 Å². The second-order valence-electron chi connectivity index (χ2n) is 13.4. The SMILES string of the molecule is COCCCn1cc(CN(C(=O)[C@H]2CN(C(=O)OC(C)(C)C)CC[C@@H]2c2nc(-c3ccccc3)co2)C2CC2)c2c(F)cccc21. The van der Waals surface area contributed by atoms with Gasteiger partial charge in [0.05, 0.1) is 17.4 Å². The first-order valence-electron chi connectivity index (χ1n) is 16.2. The highest BCUT2D eigenvalue weighted by Crippen LogP contribution is 2.39. The first-order valence-corrected chi connectivity index (χ1v) is 16.2. The minimum atomic E-state index is -0.665. The fourth-order valence-corrected chi connectivity index (χ4v) is 6.44. The standard InChI is InChI=1S/C36H43FN4O5/c1-36(2,3)46-35(43)40-18-16-27(33-38-30(23-45-33)24-10-6-5-7-11-24)28(22-40)34(42)41(26-14-15-26)21-25-20-39(17-9-19-44-4)31-13-8-12-29(37)32(25)31/h5-8,10-13,20,23,26-28H,9,14-19,21-22H2,1-4H3/t27-,28-/m0/s1. The van der Waals surface area contributed by atoms with Crippen LogP contribution < -0.4 is 0 Å². The Hall–Kier alpha value is -4.18. The highest BCUT2D eigenvalue weighted by atomic mass is 19.1. The van der Waals surface area contributed by atoms with Gasteiger partial charge in [0.15, 0.2) is 5.89 Å². The first-order chi connectivity index (χ1) is 22.1. The Kier molecular flexibility index (Phi) is 9.18. The van der Waals surface area contributed by atoms with Gasteiger partial charge in [-0.15, -0.1) is 0 Å². The number of rotatable bonds is 10. The lowest BCUT2D eigenvalue weighted by Crippen LogP contribution is -2.51. The molecule has 1 aliphatic carbocycles. The molecule has 2 fully saturated rings. The number of piperidine rings is 1. The van der Waals surface area contributed by atoms with Gasteiger partial charge >= 0.3 is 6.09 Å². The molecule has 244 valence electrons. The number of fused-ring (bicyclic) bond motifs is 1. The van der Waals surface area contributed by atoms with Crippen molar-refractivity contribution in [2.75, 3.05) is 26.8 Å². The quantitative estimate of drug-likeness (QED) is 0.175. The van der Waals surface area contributed by atoms with Gasteiger partial charge in [-0.25, -0.2) is 14.2 Å². The summed E-state index contributed by atoms with van der Waals surface area (Å²) < 4.78 is 34.4. The molecule has 2 aliphatic rings. The second kappa shape index (κ2) is 13.3. The van der Waals surface area contributed by atoms with E-state index in [1.54, 1.807) is 24.3 Å². The third kappa shape index (κ3) is 6.97. The monoisotopic (exact) mass is 630 g/mol. The highest BCUT2D eigenvalue weighted by Gasteiger charge is 2.45. The van der Waals surface area contributed by atoms with E-state index < -0.39 is 17.6 Å². The van der Waals surface area contributed by atoms with Crippen molar-refractivity contribution < 1.29 is 27.9 Å². The summed E-state index contributed by atoms with van der Waals surface area (Å²) in [7, 11) is 1.67. The molecule has 10 heteroatoms. The molecule has 0 radical (unpaired) electrons. The molecule has 0 unspecified atom stereocenters. The lowest BCUT2D eigenvalue weighted by atomic mass is 9.84. The highest BCUT2D eigenvalue weighted by molar-refractivity contribution is 5.86. The van der Waals surface area contributed by atoms with Crippen molar-refractivity contribution in [3.05, 3.63) is 78.3 Å². The van der Waals surface area contributed by atoms with Gasteiger partial charge in [-0.1, -0.05) is 36.4 Å². The molecule has 2 amide bonds. The summed E-state index contributed by atoms with van der Waals surface area (Å²) in [5.41, 5.74) is 2.53. The number of aromatic nitrogens is 2. The van der Waals surface area contributed by atoms with E-state index in [9.17, 15) is 9.59 Å². The molecule has 1 aliphatic heterocycles. The van der Waals surface area contributed by atoms with Gasteiger partial charge in [0.1, 0.15) is 23.4 Å². The number of nitrogens with zero attached hydrogens (tertiary/aromatic N) is 4. The van der Waals surface area contributed by atoms with Crippen LogP contribution in [0.2, 0.25) is 0 Å². The van der Waals surface area contributed by atoms with E-state index in [1.807, 2.05) is 72.8 Å². The van der Waals surface area contributed by atoms with Crippen LogP contribution in [0.1, 0.15) is 63.8 Å². The Labute approximate surface area is 269 Å². The molecule has 6 rings (SSSR count). The minimum Gasteiger partial charge on any atom is -0.448 e. The zero-order chi connectivity index (χ0) is 32.4. The molecule has 3 heterocycles. The smallest absolute Gasteiger partial charge is 0.410 e. The van der Waals surface area contributed by atoms with Gasteiger partial charge in [-0.3, -0.25) is 4.79 Å². The lowest BCUT2D eigenvalue weighted by molar-refractivity contribution is -0.139. The van der Waals surface area contributed by atoms with Crippen molar-refractivity contribution in [1.29, 1.82) is 0 Å². The van der Waals surface area contributed by atoms with Crippen LogP contribution in [0.15, 0.2) is 65.4 Å². The number of aryl methyl sites for hydroxylation is 1. The number of likely N-dealkylation sites (tertiary alicyclic amines) is 1. The van der Waals surface area contributed by atoms with E-state index in [2.05, 4.69) is 0 Å². The Morgan fingerprint density at radius 2 is 1.87 bits per heavy atom. The molecule has 9 nitrogen and oxygen atoms in total. The maximum absolute atomic E-state index is 15.4. The number of methoxy groups -OCH3 is 1. The van der Waals surface area contributed by atoms with Crippen molar-refractivity contribution >= 4 is 22.9 Å². The average molecular weight is 631 g/mol.